The minimum Gasteiger partial charge on any atom is -0.479 e. The van der Waals surface area contributed by atoms with Gasteiger partial charge in [-0.2, -0.15) is 0 Å². The number of benzene rings is 2. The van der Waals surface area contributed by atoms with E-state index in [9.17, 15) is 4.79 Å². The Morgan fingerprint density at radius 2 is 1.83 bits per heavy atom. The molecule has 1 amide bonds. The topological polar surface area (TPSA) is 32.8 Å². The number of hydrogen-bond donors (Lipinski definition) is 0. The van der Waals surface area contributed by atoms with Crippen LogP contribution < -0.4 is 9.64 Å². The quantitative estimate of drug-likeness (QED) is 0.853. The summed E-state index contributed by atoms with van der Waals surface area (Å²) in [5, 5.41) is 0.512. The Balaban J connectivity index is 1.74. The molecule has 1 heterocycles. The van der Waals surface area contributed by atoms with E-state index in [0.717, 1.165) is 12.1 Å². The molecule has 2 aromatic carbocycles. The highest BCUT2D eigenvalue weighted by Crippen LogP contribution is 2.26. The Kier molecular flexibility index (Phi) is 4.95. The van der Waals surface area contributed by atoms with E-state index in [1.165, 1.54) is 5.69 Å². The van der Waals surface area contributed by atoms with Gasteiger partial charge in [0.15, 0.2) is 6.10 Å². The number of hydrogen-bond acceptors (Lipinski definition) is 3. The highest BCUT2D eigenvalue weighted by Gasteiger charge is 2.26. The lowest BCUT2D eigenvalue weighted by atomic mass is 10.1. The number of amides is 1. The molecule has 0 N–H and O–H groups in total. The van der Waals surface area contributed by atoms with Gasteiger partial charge >= 0.3 is 0 Å². The van der Waals surface area contributed by atoms with Crippen molar-refractivity contribution in [2.45, 2.75) is 19.6 Å². The highest BCUT2D eigenvalue weighted by molar-refractivity contribution is 6.32. The predicted molar refractivity (Wildman–Crippen MR) is 96.7 cm³/mol. The van der Waals surface area contributed by atoms with E-state index < -0.39 is 6.10 Å². The van der Waals surface area contributed by atoms with Crippen molar-refractivity contribution in [1.82, 2.24) is 4.90 Å². The van der Waals surface area contributed by atoms with E-state index in [0.29, 0.717) is 23.9 Å². The standard InChI is InChI=1S/C19H21ClN2O2/c1-14(24-18-10-6-4-8-16(18)20)19(23)22-12-11-21(2)17-9-5-3-7-15(17)13-22/h3-10,14H,11-13H2,1-2H3. The molecule has 1 aliphatic rings. The predicted octanol–water partition coefficient (Wildman–Crippen LogP) is 3.59. The summed E-state index contributed by atoms with van der Waals surface area (Å²) >= 11 is 6.11. The number of anilines is 1. The van der Waals surface area contributed by atoms with Crippen molar-refractivity contribution in [3.63, 3.8) is 0 Å². The van der Waals surface area contributed by atoms with E-state index >= 15 is 0 Å². The fourth-order valence-corrected chi connectivity index (χ4v) is 3.10. The third-order valence-electron chi connectivity index (χ3n) is 4.27. The molecule has 0 aliphatic carbocycles. The fourth-order valence-electron chi connectivity index (χ4n) is 2.92. The van der Waals surface area contributed by atoms with Crippen LogP contribution in [-0.2, 0) is 11.3 Å². The third kappa shape index (κ3) is 3.49. The molecular formula is C19H21ClN2O2. The van der Waals surface area contributed by atoms with Gasteiger partial charge in [0.1, 0.15) is 5.75 Å². The van der Waals surface area contributed by atoms with Crippen LogP contribution in [0.1, 0.15) is 12.5 Å². The summed E-state index contributed by atoms with van der Waals surface area (Å²) in [5.74, 6) is 0.507. The number of carbonyl (C=O) groups excluding carboxylic acids is 1. The van der Waals surface area contributed by atoms with Gasteiger partial charge in [-0.25, -0.2) is 0 Å². The third-order valence-corrected chi connectivity index (χ3v) is 4.58. The maximum atomic E-state index is 12.8. The smallest absolute Gasteiger partial charge is 0.263 e. The maximum absolute atomic E-state index is 12.8. The number of rotatable bonds is 3. The Bertz CT molecular complexity index is 735. The van der Waals surface area contributed by atoms with Crippen molar-refractivity contribution in [2.24, 2.45) is 0 Å². The second-order valence-corrected chi connectivity index (χ2v) is 6.41. The molecule has 0 saturated heterocycles. The van der Waals surface area contributed by atoms with Gasteiger partial charge in [0.2, 0.25) is 0 Å². The first-order valence-corrected chi connectivity index (χ1v) is 8.43. The van der Waals surface area contributed by atoms with Gasteiger partial charge in [-0.1, -0.05) is 41.9 Å². The lowest BCUT2D eigenvalue weighted by molar-refractivity contribution is -0.138. The number of halogens is 1. The van der Waals surface area contributed by atoms with Gasteiger partial charge in [0, 0.05) is 32.4 Å². The SMILES string of the molecule is CC(Oc1ccccc1Cl)C(=O)N1CCN(C)c2ccccc2C1. The van der Waals surface area contributed by atoms with Crippen LogP contribution in [0, 0.1) is 0 Å². The molecule has 0 aromatic heterocycles. The van der Waals surface area contributed by atoms with Crippen molar-refractivity contribution in [1.29, 1.82) is 0 Å². The second kappa shape index (κ2) is 7.14. The summed E-state index contributed by atoms with van der Waals surface area (Å²) in [5.41, 5.74) is 2.32. The molecule has 0 bridgehead atoms. The molecule has 1 aliphatic heterocycles. The summed E-state index contributed by atoms with van der Waals surface area (Å²) in [4.78, 5) is 16.9. The summed E-state index contributed by atoms with van der Waals surface area (Å²) < 4.78 is 5.78. The average molecular weight is 345 g/mol. The first kappa shape index (κ1) is 16.7. The number of likely N-dealkylation sites (N-methyl/N-ethyl adjacent to an activating group) is 1. The number of carbonyl (C=O) groups is 1. The minimum atomic E-state index is -0.583. The van der Waals surface area contributed by atoms with Crippen molar-refractivity contribution in [3.8, 4) is 5.75 Å². The zero-order valence-electron chi connectivity index (χ0n) is 13.9. The number of nitrogens with zero attached hydrogens (tertiary/aromatic N) is 2. The molecule has 3 rings (SSSR count). The molecule has 0 fully saturated rings. The van der Waals surface area contributed by atoms with E-state index in [1.54, 1.807) is 19.1 Å². The zero-order chi connectivity index (χ0) is 17.1. The van der Waals surface area contributed by atoms with Gasteiger partial charge in [-0.3, -0.25) is 4.79 Å². The largest absolute Gasteiger partial charge is 0.479 e. The molecule has 24 heavy (non-hydrogen) atoms. The van der Waals surface area contributed by atoms with Crippen LogP contribution in [-0.4, -0.2) is 37.0 Å². The lowest BCUT2D eigenvalue weighted by Crippen LogP contribution is -2.41. The van der Waals surface area contributed by atoms with Crippen LogP contribution in [0.15, 0.2) is 48.5 Å². The Morgan fingerprint density at radius 3 is 2.62 bits per heavy atom. The van der Waals surface area contributed by atoms with Crippen LogP contribution >= 0.6 is 11.6 Å². The average Bonchev–Trinajstić information content (AvgIpc) is 2.76. The van der Waals surface area contributed by atoms with Gasteiger partial charge in [0.25, 0.3) is 5.91 Å². The van der Waals surface area contributed by atoms with Gasteiger partial charge < -0.3 is 14.5 Å². The monoisotopic (exact) mass is 344 g/mol. The van der Waals surface area contributed by atoms with Crippen LogP contribution in [0.25, 0.3) is 0 Å². The van der Waals surface area contributed by atoms with Crippen molar-refractivity contribution >= 4 is 23.2 Å². The zero-order valence-corrected chi connectivity index (χ0v) is 14.7. The highest BCUT2D eigenvalue weighted by atomic mass is 35.5. The van der Waals surface area contributed by atoms with Gasteiger partial charge in [0.05, 0.1) is 5.02 Å². The molecule has 0 saturated carbocycles. The molecule has 2 aromatic rings. The van der Waals surface area contributed by atoms with Crippen molar-refractivity contribution in [2.75, 3.05) is 25.0 Å². The summed E-state index contributed by atoms with van der Waals surface area (Å²) in [6.45, 7) is 3.82. The van der Waals surface area contributed by atoms with Crippen LogP contribution in [0.2, 0.25) is 5.02 Å². The van der Waals surface area contributed by atoms with Crippen molar-refractivity contribution < 1.29 is 9.53 Å². The Labute approximate surface area is 147 Å². The number of para-hydroxylation sites is 2. The number of ether oxygens (including phenoxy) is 1. The lowest BCUT2D eigenvalue weighted by Gasteiger charge is -2.25. The second-order valence-electron chi connectivity index (χ2n) is 6.00. The van der Waals surface area contributed by atoms with Crippen LogP contribution in [0.5, 0.6) is 5.75 Å². The summed E-state index contributed by atoms with van der Waals surface area (Å²) in [6, 6.07) is 15.4. The Hall–Kier alpha value is -2.20. The Morgan fingerprint density at radius 1 is 1.12 bits per heavy atom. The normalized spacial score (nSPS) is 15.5. The van der Waals surface area contributed by atoms with E-state index in [4.69, 9.17) is 16.3 Å². The number of fused-ring (bicyclic) bond motifs is 1. The molecule has 5 heteroatoms. The van der Waals surface area contributed by atoms with Crippen LogP contribution in [0.3, 0.4) is 0 Å². The molecule has 0 radical (unpaired) electrons. The van der Waals surface area contributed by atoms with Gasteiger partial charge in [-0.05, 0) is 30.7 Å². The first-order chi connectivity index (χ1) is 11.6. The molecule has 0 spiro atoms. The van der Waals surface area contributed by atoms with Crippen LogP contribution in [0.4, 0.5) is 5.69 Å². The molecule has 4 nitrogen and oxygen atoms in total. The first-order valence-electron chi connectivity index (χ1n) is 8.05. The summed E-state index contributed by atoms with van der Waals surface area (Å²) in [7, 11) is 2.05. The van der Waals surface area contributed by atoms with E-state index in [1.807, 2.05) is 29.2 Å². The molecule has 1 unspecified atom stereocenters. The fraction of sp³-hybridized carbons (Fsp3) is 0.316. The van der Waals surface area contributed by atoms with Crippen molar-refractivity contribution in [3.05, 3.63) is 59.1 Å². The molecule has 126 valence electrons. The molecular weight excluding hydrogens is 324 g/mol. The van der Waals surface area contributed by atoms with E-state index in [2.05, 4.69) is 24.1 Å². The minimum absolute atomic E-state index is 0.0278. The molecule has 1 atom stereocenters. The van der Waals surface area contributed by atoms with Gasteiger partial charge in [-0.15, -0.1) is 0 Å². The summed E-state index contributed by atoms with van der Waals surface area (Å²) in [6.07, 6.45) is -0.583. The van der Waals surface area contributed by atoms with E-state index in [-0.39, 0.29) is 5.91 Å². The maximum Gasteiger partial charge on any atom is 0.263 e.